The first-order chi connectivity index (χ1) is 8.01. The largest absolute Gasteiger partial charge is 0.492 e. The molecule has 0 saturated carbocycles. The van der Waals surface area contributed by atoms with Crippen molar-refractivity contribution in [3.8, 4) is 5.75 Å². The Bertz CT molecular complexity index is 389. The third kappa shape index (κ3) is 3.46. The zero-order valence-electron chi connectivity index (χ0n) is 10.6. The Labute approximate surface area is 102 Å². The first kappa shape index (κ1) is 13.5. The normalized spacial score (nSPS) is 13.9. The number of para-hydroxylation sites is 2. The van der Waals surface area contributed by atoms with Crippen LogP contribution in [-0.2, 0) is 4.79 Å². The highest BCUT2D eigenvalue weighted by Crippen LogP contribution is 2.24. The van der Waals surface area contributed by atoms with Crippen LogP contribution in [0.5, 0.6) is 5.75 Å². The molecule has 1 aromatic rings. The maximum Gasteiger partial charge on any atom is 0.244 e. The molecule has 1 rings (SSSR count). The van der Waals surface area contributed by atoms with Gasteiger partial charge in [0, 0.05) is 0 Å². The van der Waals surface area contributed by atoms with Gasteiger partial charge in [-0.25, -0.2) is 0 Å². The second-order valence-electron chi connectivity index (χ2n) is 4.15. The van der Waals surface area contributed by atoms with Gasteiger partial charge in [-0.2, -0.15) is 0 Å². The predicted molar refractivity (Wildman–Crippen MR) is 69.1 cm³/mol. The summed E-state index contributed by atoms with van der Waals surface area (Å²) in [5, 5.41) is 2.80. The Hall–Kier alpha value is -1.55. The Morgan fingerprint density at radius 3 is 2.65 bits per heavy atom. The van der Waals surface area contributed by atoms with Crippen LogP contribution in [-0.4, -0.2) is 18.1 Å². The Balaban J connectivity index is 2.84. The van der Waals surface area contributed by atoms with Crippen molar-refractivity contribution in [2.45, 2.75) is 32.7 Å². The molecule has 1 amide bonds. The molecule has 0 aromatic heterocycles. The van der Waals surface area contributed by atoms with Gasteiger partial charge < -0.3 is 15.8 Å². The molecular weight excluding hydrogens is 216 g/mol. The molecule has 4 nitrogen and oxygen atoms in total. The Kier molecular flexibility index (Phi) is 4.52. The maximum absolute atomic E-state index is 11.9. The number of rotatable bonds is 5. The fraction of sp³-hybridized carbons (Fsp3) is 0.462. The second-order valence-corrected chi connectivity index (χ2v) is 4.15. The molecule has 1 atom stereocenters. The predicted octanol–water partition coefficient (Wildman–Crippen LogP) is 2.15. The van der Waals surface area contributed by atoms with E-state index >= 15 is 0 Å². The maximum atomic E-state index is 11.9. The molecule has 0 bridgehead atoms. The molecule has 0 aliphatic rings. The van der Waals surface area contributed by atoms with Crippen molar-refractivity contribution in [2.75, 3.05) is 11.9 Å². The molecule has 4 heteroatoms. The molecule has 0 spiro atoms. The molecule has 17 heavy (non-hydrogen) atoms. The molecule has 0 aliphatic heterocycles. The smallest absolute Gasteiger partial charge is 0.244 e. The van der Waals surface area contributed by atoms with Gasteiger partial charge in [0.25, 0.3) is 0 Å². The van der Waals surface area contributed by atoms with E-state index in [1.807, 2.05) is 32.0 Å². The average Bonchev–Trinajstić information content (AvgIpc) is 2.32. The van der Waals surface area contributed by atoms with Crippen LogP contribution in [0.25, 0.3) is 0 Å². The van der Waals surface area contributed by atoms with Crippen molar-refractivity contribution in [3.63, 3.8) is 0 Å². The van der Waals surface area contributed by atoms with Gasteiger partial charge in [0.2, 0.25) is 5.91 Å². The van der Waals surface area contributed by atoms with Gasteiger partial charge in [-0.05, 0) is 32.4 Å². The van der Waals surface area contributed by atoms with Gasteiger partial charge in [-0.1, -0.05) is 19.1 Å². The minimum atomic E-state index is -0.862. The van der Waals surface area contributed by atoms with E-state index in [4.69, 9.17) is 10.5 Å². The number of amides is 1. The molecule has 0 aliphatic carbocycles. The number of nitrogens with one attached hydrogen (secondary N) is 1. The van der Waals surface area contributed by atoms with Gasteiger partial charge in [-0.15, -0.1) is 0 Å². The van der Waals surface area contributed by atoms with Crippen molar-refractivity contribution < 1.29 is 9.53 Å². The van der Waals surface area contributed by atoms with E-state index in [0.717, 1.165) is 0 Å². The third-order valence-electron chi connectivity index (χ3n) is 2.69. The molecule has 0 radical (unpaired) electrons. The highest BCUT2D eigenvalue weighted by molar-refractivity contribution is 5.98. The summed E-state index contributed by atoms with van der Waals surface area (Å²) in [6.07, 6.45) is 0.579. The van der Waals surface area contributed by atoms with Crippen LogP contribution in [0.1, 0.15) is 27.2 Å². The van der Waals surface area contributed by atoms with E-state index < -0.39 is 5.54 Å². The van der Waals surface area contributed by atoms with Crippen molar-refractivity contribution in [2.24, 2.45) is 5.73 Å². The molecule has 0 heterocycles. The molecule has 94 valence electrons. The van der Waals surface area contributed by atoms with E-state index in [1.165, 1.54) is 0 Å². The first-order valence-corrected chi connectivity index (χ1v) is 5.83. The lowest BCUT2D eigenvalue weighted by molar-refractivity contribution is -0.120. The number of carbonyl (C=O) groups is 1. The van der Waals surface area contributed by atoms with Crippen LogP contribution in [0, 0.1) is 0 Å². The first-order valence-electron chi connectivity index (χ1n) is 5.83. The lowest BCUT2D eigenvalue weighted by Crippen LogP contribution is -2.47. The van der Waals surface area contributed by atoms with Gasteiger partial charge in [0.1, 0.15) is 5.75 Å². The molecular formula is C13H20N2O2. The summed E-state index contributed by atoms with van der Waals surface area (Å²) in [5.74, 6) is 0.461. The SMILES string of the molecule is CCOc1ccccc1NC(=O)C(C)(N)CC. The third-order valence-corrected chi connectivity index (χ3v) is 2.69. The fourth-order valence-corrected chi connectivity index (χ4v) is 1.28. The molecule has 3 N–H and O–H groups in total. The molecule has 1 unspecified atom stereocenters. The quantitative estimate of drug-likeness (QED) is 0.823. The van der Waals surface area contributed by atoms with E-state index in [0.29, 0.717) is 24.5 Å². The van der Waals surface area contributed by atoms with E-state index in [-0.39, 0.29) is 5.91 Å². The zero-order chi connectivity index (χ0) is 12.9. The number of nitrogens with two attached hydrogens (primary N) is 1. The lowest BCUT2D eigenvalue weighted by atomic mass is 9.99. The summed E-state index contributed by atoms with van der Waals surface area (Å²) < 4.78 is 5.43. The van der Waals surface area contributed by atoms with Crippen molar-refractivity contribution in [3.05, 3.63) is 24.3 Å². The minimum Gasteiger partial charge on any atom is -0.492 e. The van der Waals surface area contributed by atoms with E-state index in [2.05, 4.69) is 5.32 Å². The van der Waals surface area contributed by atoms with E-state index in [9.17, 15) is 4.79 Å². The number of carbonyl (C=O) groups excluding carboxylic acids is 1. The molecule has 0 fully saturated rings. The van der Waals surface area contributed by atoms with Crippen LogP contribution in [0.2, 0.25) is 0 Å². The number of hydrogen-bond donors (Lipinski definition) is 2. The van der Waals surface area contributed by atoms with Gasteiger partial charge in [0.15, 0.2) is 0 Å². The fourth-order valence-electron chi connectivity index (χ4n) is 1.28. The van der Waals surface area contributed by atoms with Crippen molar-refractivity contribution in [1.29, 1.82) is 0 Å². The van der Waals surface area contributed by atoms with E-state index in [1.54, 1.807) is 13.0 Å². The standard InChI is InChI=1S/C13H20N2O2/c1-4-13(3,14)12(16)15-10-8-6-7-9-11(10)17-5-2/h6-9H,4-5,14H2,1-3H3,(H,15,16). The summed E-state index contributed by atoms with van der Waals surface area (Å²) in [6, 6.07) is 7.33. The summed E-state index contributed by atoms with van der Waals surface area (Å²) in [7, 11) is 0. The van der Waals surface area contributed by atoms with Crippen LogP contribution >= 0.6 is 0 Å². The Morgan fingerprint density at radius 1 is 1.41 bits per heavy atom. The van der Waals surface area contributed by atoms with Crippen LogP contribution in [0.4, 0.5) is 5.69 Å². The van der Waals surface area contributed by atoms with Crippen LogP contribution < -0.4 is 15.8 Å². The van der Waals surface area contributed by atoms with Gasteiger partial charge >= 0.3 is 0 Å². The summed E-state index contributed by atoms with van der Waals surface area (Å²) in [6.45, 7) is 6.05. The summed E-state index contributed by atoms with van der Waals surface area (Å²) >= 11 is 0. The number of ether oxygens (including phenoxy) is 1. The van der Waals surface area contributed by atoms with Crippen molar-refractivity contribution in [1.82, 2.24) is 0 Å². The van der Waals surface area contributed by atoms with Crippen LogP contribution in [0.15, 0.2) is 24.3 Å². The highest BCUT2D eigenvalue weighted by Gasteiger charge is 2.26. The van der Waals surface area contributed by atoms with Crippen LogP contribution in [0.3, 0.4) is 0 Å². The second kappa shape index (κ2) is 5.68. The number of anilines is 1. The topological polar surface area (TPSA) is 64.3 Å². The minimum absolute atomic E-state index is 0.202. The molecule has 0 saturated heterocycles. The Morgan fingerprint density at radius 2 is 2.06 bits per heavy atom. The average molecular weight is 236 g/mol. The highest BCUT2D eigenvalue weighted by atomic mass is 16.5. The summed E-state index contributed by atoms with van der Waals surface area (Å²) in [4.78, 5) is 11.9. The van der Waals surface area contributed by atoms with Crippen molar-refractivity contribution >= 4 is 11.6 Å². The lowest BCUT2D eigenvalue weighted by Gasteiger charge is -2.22. The monoisotopic (exact) mass is 236 g/mol. The number of hydrogen-bond acceptors (Lipinski definition) is 3. The molecule has 1 aromatic carbocycles. The van der Waals surface area contributed by atoms with Gasteiger partial charge in [0.05, 0.1) is 17.8 Å². The number of benzene rings is 1. The summed E-state index contributed by atoms with van der Waals surface area (Å²) in [5.41, 5.74) is 5.67. The van der Waals surface area contributed by atoms with Gasteiger partial charge in [-0.3, -0.25) is 4.79 Å². The zero-order valence-corrected chi connectivity index (χ0v) is 10.6.